The van der Waals surface area contributed by atoms with Gasteiger partial charge in [0.1, 0.15) is 6.10 Å². The summed E-state index contributed by atoms with van der Waals surface area (Å²) in [6.45, 7) is 1.15. The van der Waals surface area contributed by atoms with E-state index in [1.165, 1.54) is 0 Å². The number of rotatable bonds is 10. The first-order chi connectivity index (χ1) is 14.2. The maximum absolute atomic E-state index is 11.1. The molecule has 0 saturated heterocycles. The summed E-state index contributed by atoms with van der Waals surface area (Å²) < 4.78 is 0. The monoisotopic (exact) mass is 391 g/mol. The van der Waals surface area contributed by atoms with Crippen molar-refractivity contribution in [1.29, 1.82) is 0 Å². The van der Waals surface area contributed by atoms with E-state index in [1.54, 1.807) is 0 Å². The quantitative estimate of drug-likeness (QED) is 0.495. The fraction of sp³-hybridized carbons (Fsp3) is 0.280. The lowest BCUT2D eigenvalue weighted by molar-refractivity contribution is -0.0516. The summed E-state index contributed by atoms with van der Waals surface area (Å²) >= 11 is 0. The van der Waals surface area contributed by atoms with Crippen LogP contribution in [0.5, 0.6) is 0 Å². The molecule has 0 radical (unpaired) electrons. The second kappa shape index (κ2) is 10.9. The fourth-order valence-corrected chi connectivity index (χ4v) is 3.69. The van der Waals surface area contributed by atoms with Gasteiger partial charge in [0.15, 0.2) is 0 Å². The molecular formula is C25H29NO3. The first-order valence-electron chi connectivity index (χ1n) is 10.0. The first kappa shape index (κ1) is 21.2. The van der Waals surface area contributed by atoms with Crippen molar-refractivity contribution in [3.63, 3.8) is 0 Å². The van der Waals surface area contributed by atoms with Crippen molar-refractivity contribution < 1.29 is 15.3 Å². The van der Waals surface area contributed by atoms with Gasteiger partial charge in [-0.3, -0.25) is 4.90 Å². The van der Waals surface area contributed by atoms with Gasteiger partial charge < -0.3 is 15.3 Å². The molecule has 0 aliphatic heterocycles. The molecule has 0 saturated carbocycles. The molecule has 0 spiro atoms. The Labute approximate surface area is 172 Å². The van der Waals surface area contributed by atoms with E-state index >= 15 is 0 Å². The van der Waals surface area contributed by atoms with E-state index in [1.807, 2.05) is 91.0 Å². The van der Waals surface area contributed by atoms with Crippen LogP contribution in [0.25, 0.3) is 0 Å². The number of hydrogen-bond donors (Lipinski definition) is 3. The Morgan fingerprint density at radius 1 is 0.655 bits per heavy atom. The summed E-state index contributed by atoms with van der Waals surface area (Å²) in [6, 6.07) is 28.9. The van der Waals surface area contributed by atoms with Crippen LogP contribution in [0.15, 0.2) is 91.0 Å². The van der Waals surface area contributed by atoms with E-state index in [-0.39, 0.29) is 6.61 Å². The van der Waals surface area contributed by atoms with Gasteiger partial charge in [-0.2, -0.15) is 0 Å². The highest BCUT2D eigenvalue weighted by Crippen LogP contribution is 2.26. The van der Waals surface area contributed by atoms with Crippen LogP contribution in [0.4, 0.5) is 0 Å². The van der Waals surface area contributed by atoms with Crippen molar-refractivity contribution in [1.82, 2.24) is 4.90 Å². The van der Waals surface area contributed by atoms with Crippen molar-refractivity contribution >= 4 is 0 Å². The van der Waals surface area contributed by atoms with Crippen LogP contribution in [0.1, 0.15) is 29.2 Å². The predicted octanol–water partition coefficient (Wildman–Crippen LogP) is 3.53. The van der Waals surface area contributed by atoms with Crippen molar-refractivity contribution in [2.24, 2.45) is 0 Å². The van der Waals surface area contributed by atoms with Crippen LogP contribution in [0, 0.1) is 0 Å². The van der Waals surface area contributed by atoms with Crippen LogP contribution in [0.3, 0.4) is 0 Å². The van der Waals surface area contributed by atoms with E-state index < -0.39 is 18.2 Å². The van der Waals surface area contributed by atoms with E-state index in [0.29, 0.717) is 25.1 Å². The third-order valence-corrected chi connectivity index (χ3v) is 5.21. The second-order valence-electron chi connectivity index (χ2n) is 7.30. The molecule has 3 N–H and O–H groups in total. The maximum atomic E-state index is 11.1. The average molecular weight is 392 g/mol. The van der Waals surface area contributed by atoms with Crippen LogP contribution < -0.4 is 0 Å². The van der Waals surface area contributed by atoms with Crippen molar-refractivity contribution in [3.8, 4) is 0 Å². The fourth-order valence-electron chi connectivity index (χ4n) is 3.69. The Bertz CT molecular complexity index is 785. The van der Waals surface area contributed by atoms with Gasteiger partial charge in [-0.1, -0.05) is 91.0 Å². The van der Waals surface area contributed by atoms with Gasteiger partial charge in [0.05, 0.1) is 6.10 Å². The molecule has 0 unspecified atom stereocenters. The van der Waals surface area contributed by atoms with Gasteiger partial charge in [-0.15, -0.1) is 0 Å². The zero-order chi connectivity index (χ0) is 20.5. The molecule has 0 fully saturated rings. The molecule has 152 valence electrons. The summed E-state index contributed by atoms with van der Waals surface area (Å²) in [4.78, 5) is 2.14. The van der Waals surface area contributed by atoms with Crippen molar-refractivity contribution in [3.05, 3.63) is 108 Å². The zero-order valence-corrected chi connectivity index (χ0v) is 16.5. The smallest absolute Gasteiger partial charge is 0.106 e. The van der Waals surface area contributed by atoms with Gasteiger partial charge in [-0.25, -0.2) is 0 Å². The third kappa shape index (κ3) is 5.99. The summed E-state index contributed by atoms with van der Waals surface area (Å²) in [5.74, 6) is 0. The molecule has 0 amide bonds. The van der Waals surface area contributed by atoms with Gasteiger partial charge in [0, 0.05) is 25.7 Å². The Kier molecular flexibility index (Phi) is 7.96. The lowest BCUT2D eigenvalue weighted by Crippen LogP contribution is -2.46. The normalized spacial score (nSPS) is 14.5. The molecular weight excluding hydrogens is 362 g/mol. The van der Waals surface area contributed by atoms with Gasteiger partial charge in [0.2, 0.25) is 0 Å². The zero-order valence-electron chi connectivity index (χ0n) is 16.5. The average Bonchev–Trinajstić information content (AvgIpc) is 2.78. The molecule has 4 heteroatoms. The maximum Gasteiger partial charge on any atom is 0.106 e. The number of nitrogens with zero attached hydrogens (tertiary/aromatic N) is 1. The Morgan fingerprint density at radius 2 is 1.10 bits per heavy atom. The second-order valence-corrected chi connectivity index (χ2v) is 7.30. The van der Waals surface area contributed by atoms with Crippen LogP contribution in [-0.4, -0.2) is 39.0 Å². The lowest BCUT2D eigenvalue weighted by atomic mass is 9.94. The van der Waals surface area contributed by atoms with Crippen molar-refractivity contribution in [2.75, 3.05) is 6.61 Å². The standard InChI is InChI=1S/C25H29NO3/c27-17-16-23(25(29)24(28)22-14-8-3-9-15-22)26(18-20-10-4-1-5-11-20)19-21-12-6-2-7-13-21/h1-15,23-25,27-29H,16-19H2/t23-,24-,25+/m0/s1. The molecule has 0 bridgehead atoms. The molecule has 0 heterocycles. The Balaban J connectivity index is 1.87. The molecule has 29 heavy (non-hydrogen) atoms. The molecule has 3 aromatic carbocycles. The first-order valence-corrected chi connectivity index (χ1v) is 10.0. The third-order valence-electron chi connectivity index (χ3n) is 5.21. The molecule has 3 rings (SSSR count). The number of aliphatic hydroxyl groups is 3. The van der Waals surface area contributed by atoms with Crippen molar-refractivity contribution in [2.45, 2.75) is 37.8 Å². The number of hydrogen-bond acceptors (Lipinski definition) is 4. The molecule has 3 atom stereocenters. The number of aliphatic hydroxyl groups excluding tert-OH is 3. The lowest BCUT2D eigenvalue weighted by Gasteiger charge is -2.37. The highest BCUT2D eigenvalue weighted by atomic mass is 16.3. The van der Waals surface area contributed by atoms with Gasteiger partial charge in [-0.05, 0) is 23.1 Å². The van der Waals surface area contributed by atoms with E-state index in [0.717, 1.165) is 11.1 Å². The minimum atomic E-state index is -1.03. The summed E-state index contributed by atoms with van der Waals surface area (Å²) in [7, 11) is 0. The molecule has 0 aliphatic rings. The Morgan fingerprint density at radius 3 is 1.55 bits per heavy atom. The molecule has 4 nitrogen and oxygen atoms in total. The Hall–Kier alpha value is -2.50. The predicted molar refractivity (Wildman–Crippen MR) is 115 cm³/mol. The van der Waals surface area contributed by atoms with E-state index in [9.17, 15) is 15.3 Å². The number of benzene rings is 3. The van der Waals surface area contributed by atoms with E-state index in [2.05, 4.69) is 4.90 Å². The minimum absolute atomic E-state index is 0.0662. The highest BCUT2D eigenvalue weighted by molar-refractivity contribution is 5.20. The largest absolute Gasteiger partial charge is 0.396 e. The summed E-state index contributed by atoms with van der Waals surface area (Å²) in [5, 5.41) is 31.6. The molecule has 0 aromatic heterocycles. The highest BCUT2D eigenvalue weighted by Gasteiger charge is 2.32. The van der Waals surface area contributed by atoms with Crippen LogP contribution in [-0.2, 0) is 13.1 Å². The SMILES string of the molecule is OCC[C@@H]([C@@H](O)[C@@H](O)c1ccccc1)N(Cc1ccccc1)Cc1ccccc1. The topological polar surface area (TPSA) is 63.9 Å². The minimum Gasteiger partial charge on any atom is -0.396 e. The van der Waals surface area contributed by atoms with E-state index in [4.69, 9.17) is 0 Å². The van der Waals surface area contributed by atoms with Crippen LogP contribution >= 0.6 is 0 Å². The summed E-state index contributed by atoms with van der Waals surface area (Å²) in [5.41, 5.74) is 2.91. The van der Waals surface area contributed by atoms with Gasteiger partial charge in [0.25, 0.3) is 0 Å². The molecule has 0 aliphatic carbocycles. The molecule has 3 aromatic rings. The van der Waals surface area contributed by atoms with Gasteiger partial charge >= 0.3 is 0 Å². The summed E-state index contributed by atoms with van der Waals surface area (Å²) in [6.07, 6.45) is -1.69. The van der Waals surface area contributed by atoms with Crippen LogP contribution in [0.2, 0.25) is 0 Å².